The van der Waals surface area contributed by atoms with E-state index in [2.05, 4.69) is 18.8 Å². The molecule has 1 atom stereocenters. The van der Waals surface area contributed by atoms with Crippen molar-refractivity contribution >= 4 is 0 Å². The highest BCUT2D eigenvalue weighted by Crippen LogP contribution is 2.11. The average molecular weight is 151 g/mol. The van der Waals surface area contributed by atoms with Crippen LogP contribution in [-0.2, 0) is 0 Å². The Balaban J connectivity index is 2.42. The Hall–Kier alpha value is -1.02. The standard InChI is InChI=1S/C9H13NO/c1-3-5-10-8(2)9-4-6-11-7-9/h3-4,6-8,10H,1,5H2,2H3. The van der Waals surface area contributed by atoms with Crippen LogP contribution < -0.4 is 5.32 Å². The summed E-state index contributed by atoms with van der Waals surface area (Å²) in [7, 11) is 0. The van der Waals surface area contributed by atoms with Crippen LogP contribution in [0.2, 0.25) is 0 Å². The van der Waals surface area contributed by atoms with Crippen LogP contribution in [0.3, 0.4) is 0 Å². The molecule has 0 aliphatic carbocycles. The molecule has 1 unspecified atom stereocenters. The van der Waals surface area contributed by atoms with E-state index >= 15 is 0 Å². The summed E-state index contributed by atoms with van der Waals surface area (Å²) in [6.07, 6.45) is 5.28. The lowest BCUT2D eigenvalue weighted by atomic mass is 10.2. The van der Waals surface area contributed by atoms with Gasteiger partial charge in [0.25, 0.3) is 0 Å². The Bertz CT molecular complexity index is 203. The quantitative estimate of drug-likeness (QED) is 0.667. The van der Waals surface area contributed by atoms with E-state index in [-0.39, 0.29) is 0 Å². The summed E-state index contributed by atoms with van der Waals surface area (Å²) in [4.78, 5) is 0. The van der Waals surface area contributed by atoms with Gasteiger partial charge in [-0.1, -0.05) is 6.08 Å². The lowest BCUT2D eigenvalue weighted by molar-refractivity contribution is 0.549. The number of hydrogen-bond acceptors (Lipinski definition) is 2. The predicted molar refractivity (Wildman–Crippen MR) is 45.3 cm³/mol. The van der Waals surface area contributed by atoms with Crippen molar-refractivity contribution in [3.63, 3.8) is 0 Å². The van der Waals surface area contributed by atoms with Crippen LogP contribution in [0.1, 0.15) is 18.5 Å². The number of nitrogens with one attached hydrogen (secondary N) is 1. The molecule has 0 aromatic carbocycles. The van der Waals surface area contributed by atoms with Crippen LogP contribution in [0.4, 0.5) is 0 Å². The van der Waals surface area contributed by atoms with Gasteiger partial charge < -0.3 is 9.73 Å². The van der Waals surface area contributed by atoms with Crippen LogP contribution in [0.25, 0.3) is 0 Å². The highest BCUT2D eigenvalue weighted by Gasteiger charge is 2.02. The zero-order chi connectivity index (χ0) is 8.10. The maximum absolute atomic E-state index is 4.95. The smallest absolute Gasteiger partial charge is 0.0950 e. The molecule has 0 aliphatic heterocycles. The highest BCUT2D eigenvalue weighted by atomic mass is 16.3. The summed E-state index contributed by atoms with van der Waals surface area (Å²) in [5, 5.41) is 3.26. The number of rotatable bonds is 4. The largest absolute Gasteiger partial charge is 0.472 e. The molecule has 0 saturated heterocycles. The van der Waals surface area contributed by atoms with E-state index in [1.807, 2.05) is 12.1 Å². The fourth-order valence-corrected chi connectivity index (χ4v) is 0.899. The summed E-state index contributed by atoms with van der Waals surface area (Å²) in [6, 6.07) is 2.30. The van der Waals surface area contributed by atoms with Gasteiger partial charge in [0.15, 0.2) is 0 Å². The minimum atomic E-state index is 0.340. The molecule has 2 heteroatoms. The second-order valence-electron chi connectivity index (χ2n) is 2.48. The zero-order valence-corrected chi connectivity index (χ0v) is 6.71. The molecule has 1 N–H and O–H groups in total. The maximum Gasteiger partial charge on any atom is 0.0950 e. The molecular formula is C9H13NO. The van der Waals surface area contributed by atoms with E-state index in [0.29, 0.717) is 6.04 Å². The monoisotopic (exact) mass is 151 g/mol. The molecule has 0 amide bonds. The summed E-state index contributed by atoms with van der Waals surface area (Å²) in [5.41, 5.74) is 1.17. The Kier molecular flexibility index (Phi) is 2.93. The summed E-state index contributed by atoms with van der Waals surface area (Å²) in [6.45, 7) is 6.55. The van der Waals surface area contributed by atoms with Crippen molar-refractivity contribution in [1.82, 2.24) is 5.32 Å². The first kappa shape index (κ1) is 8.08. The molecule has 11 heavy (non-hydrogen) atoms. The molecule has 0 fully saturated rings. The topological polar surface area (TPSA) is 25.2 Å². The van der Waals surface area contributed by atoms with Gasteiger partial charge in [-0.2, -0.15) is 0 Å². The van der Waals surface area contributed by atoms with Crippen molar-refractivity contribution in [2.24, 2.45) is 0 Å². The fraction of sp³-hybridized carbons (Fsp3) is 0.333. The second-order valence-corrected chi connectivity index (χ2v) is 2.48. The van der Waals surface area contributed by atoms with Crippen LogP contribution in [-0.4, -0.2) is 6.54 Å². The molecule has 1 heterocycles. The summed E-state index contributed by atoms with van der Waals surface area (Å²) in [5.74, 6) is 0. The van der Waals surface area contributed by atoms with Crippen molar-refractivity contribution in [1.29, 1.82) is 0 Å². The third-order valence-electron chi connectivity index (χ3n) is 1.61. The van der Waals surface area contributed by atoms with Crippen LogP contribution >= 0.6 is 0 Å². The van der Waals surface area contributed by atoms with Gasteiger partial charge in [-0.05, 0) is 13.0 Å². The Labute approximate surface area is 66.9 Å². The van der Waals surface area contributed by atoms with E-state index in [1.165, 1.54) is 5.56 Å². The number of furan rings is 1. The first-order valence-corrected chi connectivity index (χ1v) is 3.71. The van der Waals surface area contributed by atoms with Crippen molar-refractivity contribution < 1.29 is 4.42 Å². The fourth-order valence-electron chi connectivity index (χ4n) is 0.899. The van der Waals surface area contributed by atoms with Gasteiger partial charge in [0, 0.05) is 18.2 Å². The van der Waals surface area contributed by atoms with E-state index in [1.54, 1.807) is 12.5 Å². The van der Waals surface area contributed by atoms with Gasteiger partial charge in [-0.25, -0.2) is 0 Å². The molecule has 0 aliphatic rings. The van der Waals surface area contributed by atoms with Crippen LogP contribution in [0.15, 0.2) is 35.7 Å². The van der Waals surface area contributed by atoms with E-state index < -0.39 is 0 Å². The van der Waals surface area contributed by atoms with E-state index in [9.17, 15) is 0 Å². The average Bonchev–Trinajstić information content (AvgIpc) is 2.52. The first-order chi connectivity index (χ1) is 5.34. The first-order valence-electron chi connectivity index (χ1n) is 3.71. The lowest BCUT2D eigenvalue weighted by Crippen LogP contribution is -2.17. The Morgan fingerprint density at radius 3 is 3.18 bits per heavy atom. The van der Waals surface area contributed by atoms with Crippen molar-refractivity contribution in [3.8, 4) is 0 Å². The predicted octanol–water partition coefficient (Wildman–Crippen LogP) is 2.12. The molecule has 0 spiro atoms. The van der Waals surface area contributed by atoms with Crippen molar-refractivity contribution in [2.45, 2.75) is 13.0 Å². The van der Waals surface area contributed by atoms with Crippen molar-refractivity contribution in [3.05, 3.63) is 36.8 Å². The maximum atomic E-state index is 4.95. The summed E-state index contributed by atoms with van der Waals surface area (Å²) >= 11 is 0. The lowest BCUT2D eigenvalue weighted by Gasteiger charge is -2.08. The van der Waals surface area contributed by atoms with Crippen molar-refractivity contribution in [2.75, 3.05) is 6.54 Å². The second kappa shape index (κ2) is 3.98. The third kappa shape index (κ3) is 2.24. The van der Waals surface area contributed by atoms with Gasteiger partial charge in [0.1, 0.15) is 0 Å². The van der Waals surface area contributed by atoms with Gasteiger partial charge >= 0.3 is 0 Å². The Morgan fingerprint density at radius 1 is 1.82 bits per heavy atom. The highest BCUT2D eigenvalue weighted by molar-refractivity contribution is 5.10. The molecule has 60 valence electrons. The van der Waals surface area contributed by atoms with Gasteiger partial charge in [0.2, 0.25) is 0 Å². The van der Waals surface area contributed by atoms with Crippen LogP contribution in [0.5, 0.6) is 0 Å². The summed E-state index contributed by atoms with van der Waals surface area (Å²) < 4.78 is 4.95. The number of hydrogen-bond donors (Lipinski definition) is 1. The third-order valence-corrected chi connectivity index (χ3v) is 1.61. The molecule has 2 nitrogen and oxygen atoms in total. The van der Waals surface area contributed by atoms with Gasteiger partial charge in [-0.3, -0.25) is 0 Å². The van der Waals surface area contributed by atoms with Gasteiger partial charge in [-0.15, -0.1) is 6.58 Å². The normalized spacial score (nSPS) is 12.8. The van der Waals surface area contributed by atoms with Crippen LogP contribution in [0, 0.1) is 0 Å². The molecule has 1 aromatic rings. The molecule has 1 aromatic heterocycles. The molecule has 1 rings (SSSR count). The minimum absolute atomic E-state index is 0.340. The molecule has 0 bridgehead atoms. The molecule has 0 saturated carbocycles. The zero-order valence-electron chi connectivity index (χ0n) is 6.71. The van der Waals surface area contributed by atoms with E-state index in [4.69, 9.17) is 4.42 Å². The minimum Gasteiger partial charge on any atom is -0.472 e. The van der Waals surface area contributed by atoms with Gasteiger partial charge in [0.05, 0.1) is 12.5 Å². The molecular weight excluding hydrogens is 138 g/mol. The SMILES string of the molecule is C=CCNC(C)c1ccoc1. The molecule has 0 radical (unpaired) electrons. The van der Waals surface area contributed by atoms with E-state index in [0.717, 1.165) is 6.54 Å². The Morgan fingerprint density at radius 2 is 2.64 bits per heavy atom.